The zero-order valence-electron chi connectivity index (χ0n) is 19.2. The molecular weight excluding hydrogens is 411 g/mol. The highest BCUT2D eigenvalue weighted by molar-refractivity contribution is 5.49. The number of halogens is 3. The molecule has 3 atom stereocenters. The molecule has 3 aliphatic carbocycles. The van der Waals surface area contributed by atoms with Gasteiger partial charge in [-0.25, -0.2) is 0 Å². The molecule has 5 heteroatoms. The fourth-order valence-corrected chi connectivity index (χ4v) is 6.70. The quantitative estimate of drug-likeness (QED) is 0.390. The summed E-state index contributed by atoms with van der Waals surface area (Å²) < 4.78 is 39.4. The molecule has 3 aliphatic rings. The first-order chi connectivity index (χ1) is 15.4. The number of alkyl halides is 3. The summed E-state index contributed by atoms with van der Waals surface area (Å²) in [7, 11) is 0. The molecule has 1 aromatic rings. The van der Waals surface area contributed by atoms with Gasteiger partial charge in [0, 0.05) is 25.6 Å². The normalized spacial score (nSPS) is 27.9. The topological polar surface area (TPSA) is 20.3 Å². The van der Waals surface area contributed by atoms with Gasteiger partial charge in [0.05, 0.1) is 5.56 Å². The maximum absolute atomic E-state index is 13.1. The van der Waals surface area contributed by atoms with Gasteiger partial charge in [-0.1, -0.05) is 37.8 Å². The maximum Gasteiger partial charge on any atom is 0.416 e. The molecule has 0 aromatic heterocycles. The minimum Gasteiger partial charge on any atom is -0.303 e. The van der Waals surface area contributed by atoms with Gasteiger partial charge in [0.25, 0.3) is 0 Å². The molecule has 2 nitrogen and oxygen atoms in total. The van der Waals surface area contributed by atoms with Crippen LogP contribution in [0.2, 0.25) is 0 Å². The Kier molecular flexibility index (Phi) is 7.96. The van der Waals surface area contributed by atoms with E-state index in [0.29, 0.717) is 18.4 Å². The Bertz CT molecular complexity index is 701. The largest absolute Gasteiger partial charge is 0.416 e. The van der Waals surface area contributed by atoms with Crippen LogP contribution in [-0.2, 0) is 11.0 Å². The summed E-state index contributed by atoms with van der Waals surface area (Å²) >= 11 is 0. The second kappa shape index (κ2) is 10.7. The highest BCUT2D eigenvalue weighted by atomic mass is 19.4. The SMILES string of the molecule is O=CCC1CCC(N(CC2CCCC2)CC2CCCC2)C(c2ccc(C(F)(F)F)cc2)C1. The number of aldehydes is 1. The van der Waals surface area contributed by atoms with Crippen molar-refractivity contribution in [2.45, 2.75) is 95.2 Å². The van der Waals surface area contributed by atoms with Crippen molar-refractivity contribution < 1.29 is 18.0 Å². The number of benzene rings is 1. The summed E-state index contributed by atoms with van der Waals surface area (Å²) in [5.41, 5.74) is 0.438. The van der Waals surface area contributed by atoms with Crippen LogP contribution in [0.15, 0.2) is 24.3 Å². The molecule has 3 fully saturated rings. The van der Waals surface area contributed by atoms with E-state index in [9.17, 15) is 18.0 Å². The van der Waals surface area contributed by atoms with E-state index in [0.717, 1.165) is 56.0 Å². The third kappa shape index (κ3) is 5.95. The fourth-order valence-electron chi connectivity index (χ4n) is 6.70. The lowest BCUT2D eigenvalue weighted by Crippen LogP contribution is -2.46. The van der Waals surface area contributed by atoms with Gasteiger partial charge in [-0.2, -0.15) is 13.2 Å². The average molecular weight is 450 g/mol. The first kappa shape index (κ1) is 23.8. The average Bonchev–Trinajstić information content (AvgIpc) is 3.47. The van der Waals surface area contributed by atoms with Gasteiger partial charge in [0.2, 0.25) is 0 Å². The highest BCUT2D eigenvalue weighted by Gasteiger charge is 2.38. The molecule has 0 aliphatic heterocycles. The minimum atomic E-state index is -4.30. The molecule has 0 saturated heterocycles. The van der Waals surface area contributed by atoms with Gasteiger partial charge in [-0.3, -0.25) is 4.90 Å². The summed E-state index contributed by atoms with van der Waals surface area (Å²) in [4.78, 5) is 14.0. The van der Waals surface area contributed by atoms with E-state index in [1.54, 1.807) is 12.1 Å². The van der Waals surface area contributed by atoms with Crippen LogP contribution in [0.25, 0.3) is 0 Å². The van der Waals surface area contributed by atoms with Gasteiger partial charge in [0.1, 0.15) is 6.29 Å². The smallest absolute Gasteiger partial charge is 0.303 e. The van der Waals surface area contributed by atoms with Gasteiger partial charge in [-0.05, 0) is 86.3 Å². The second-order valence-electron chi connectivity index (χ2n) is 10.6. The summed E-state index contributed by atoms with van der Waals surface area (Å²) in [5.74, 6) is 2.07. The number of carbonyl (C=O) groups excluding carboxylic acids is 1. The standard InChI is InChI=1S/C27H38F3NO/c28-27(29,30)24-12-10-23(11-13-24)25-17-20(15-16-32)9-14-26(25)31(18-21-5-1-2-6-21)19-22-7-3-4-8-22/h10-13,16,20-22,25-26H,1-9,14-15,17-19H2. The number of carbonyl (C=O) groups is 1. The molecule has 178 valence electrons. The Hall–Kier alpha value is -1.36. The Morgan fingerprint density at radius 3 is 1.88 bits per heavy atom. The first-order valence-corrected chi connectivity index (χ1v) is 12.8. The van der Waals surface area contributed by atoms with Crippen LogP contribution in [0.3, 0.4) is 0 Å². The molecule has 0 radical (unpaired) electrons. The van der Waals surface area contributed by atoms with E-state index in [-0.39, 0.29) is 5.92 Å². The molecule has 0 heterocycles. The Morgan fingerprint density at radius 1 is 0.812 bits per heavy atom. The van der Waals surface area contributed by atoms with Gasteiger partial charge in [-0.15, -0.1) is 0 Å². The van der Waals surface area contributed by atoms with Crippen molar-refractivity contribution in [3.05, 3.63) is 35.4 Å². The zero-order chi connectivity index (χ0) is 22.6. The molecule has 3 saturated carbocycles. The summed E-state index contributed by atoms with van der Waals surface area (Å²) in [6.07, 6.45) is 10.8. The first-order valence-electron chi connectivity index (χ1n) is 12.8. The molecule has 0 N–H and O–H groups in total. The van der Waals surface area contributed by atoms with E-state index in [4.69, 9.17) is 0 Å². The van der Waals surface area contributed by atoms with Gasteiger partial charge >= 0.3 is 6.18 Å². The molecule has 0 spiro atoms. The lowest BCUT2D eigenvalue weighted by Gasteiger charge is -2.44. The van der Waals surface area contributed by atoms with Crippen LogP contribution in [-0.4, -0.2) is 30.3 Å². The monoisotopic (exact) mass is 449 g/mol. The lowest BCUT2D eigenvalue weighted by atomic mass is 9.72. The number of nitrogens with zero attached hydrogens (tertiary/aromatic N) is 1. The molecule has 32 heavy (non-hydrogen) atoms. The van der Waals surface area contributed by atoms with E-state index in [2.05, 4.69) is 4.90 Å². The van der Waals surface area contributed by atoms with Crippen molar-refractivity contribution in [3.8, 4) is 0 Å². The fraction of sp³-hybridized carbons (Fsp3) is 0.741. The predicted octanol–water partition coefficient (Wildman–Crippen LogP) is 7.23. The van der Waals surface area contributed by atoms with E-state index >= 15 is 0 Å². The van der Waals surface area contributed by atoms with Crippen molar-refractivity contribution in [1.29, 1.82) is 0 Å². The summed E-state index contributed by atoms with van der Waals surface area (Å²) in [5, 5.41) is 0. The number of hydrogen-bond acceptors (Lipinski definition) is 2. The second-order valence-corrected chi connectivity index (χ2v) is 10.6. The Labute approximate surface area is 190 Å². The van der Waals surface area contributed by atoms with Crippen LogP contribution in [0.4, 0.5) is 13.2 Å². The molecular formula is C27H38F3NO. The van der Waals surface area contributed by atoms with Crippen LogP contribution in [0.5, 0.6) is 0 Å². The Morgan fingerprint density at radius 2 is 1.38 bits per heavy atom. The van der Waals surface area contributed by atoms with Crippen molar-refractivity contribution in [2.24, 2.45) is 17.8 Å². The highest BCUT2D eigenvalue weighted by Crippen LogP contribution is 2.43. The van der Waals surface area contributed by atoms with Crippen molar-refractivity contribution in [2.75, 3.05) is 13.1 Å². The van der Waals surface area contributed by atoms with E-state index in [1.165, 1.54) is 63.5 Å². The summed E-state index contributed by atoms with van der Waals surface area (Å²) in [6, 6.07) is 6.26. The predicted molar refractivity (Wildman–Crippen MR) is 121 cm³/mol. The number of hydrogen-bond donors (Lipinski definition) is 0. The third-order valence-corrected chi connectivity index (χ3v) is 8.42. The lowest BCUT2D eigenvalue weighted by molar-refractivity contribution is -0.137. The van der Waals surface area contributed by atoms with Crippen LogP contribution in [0.1, 0.15) is 94.1 Å². The third-order valence-electron chi connectivity index (χ3n) is 8.42. The molecule has 0 amide bonds. The molecule has 1 aromatic carbocycles. The molecule has 4 rings (SSSR count). The zero-order valence-corrected chi connectivity index (χ0v) is 19.2. The van der Waals surface area contributed by atoms with Crippen molar-refractivity contribution in [3.63, 3.8) is 0 Å². The van der Waals surface area contributed by atoms with Crippen LogP contribution in [0, 0.1) is 17.8 Å². The van der Waals surface area contributed by atoms with Crippen LogP contribution >= 0.6 is 0 Å². The van der Waals surface area contributed by atoms with Gasteiger partial charge in [0.15, 0.2) is 0 Å². The Balaban J connectivity index is 1.58. The van der Waals surface area contributed by atoms with Crippen molar-refractivity contribution >= 4 is 6.29 Å². The molecule has 3 unspecified atom stereocenters. The minimum absolute atomic E-state index is 0.207. The summed E-state index contributed by atoms with van der Waals surface area (Å²) in [6.45, 7) is 2.27. The molecule has 0 bridgehead atoms. The van der Waals surface area contributed by atoms with Gasteiger partial charge < -0.3 is 4.79 Å². The number of rotatable bonds is 8. The van der Waals surface area contributed by atoms with Crippen molar-refractivity contribution in [1.82, 2.24) is 4.90 Å². The van der Waals surface area contributed by atoms with E-state index < -0.39 is 11.7 Å². The maximum atomic E-state index is 13.1. The van der Waals surface area contributed by atoms with Crippen LogP contribution < -0.4 is 0 Å². The van der Waals surface area contributed by atoms with E-state index in [1.807, 2.05) is 0 Å².